The van der Waals surface area contributed by atoms with Crippen molar-refractivity contribution < 1.29 is 27.8 Å². The molecule has 0 radical (unpaired) electrons. The van der Waals surface area contributed by atoms with Gasteiger partial charge >= 0.3 is 5.97 Å². The second-order valence-corrected chi connectivity index (χ2v) is 6.43. The normalized spacial score (nSPS) is 11.2. The number of aromatic amines is 1. The van der Waals surface area contributed by atoms with Crippen LogP contribution in [-0.2, 0) is 9.84 Å². The fourth-order valence-corrected chi connectivity index (χ4v) is 2.76. The quantitative estimate of drug-likeness (QED) is 0.847. The molecule has 0 saturated heterocycles. The maximum Gasteiger partial charge on any atom is 0.353 e. The highest BCUT2D eigenvalue weighted by atomic mass is 32.2. The molecule has 22 heavy (non-hydrogen) atoms. The number of aromatic carboxylic acids is 1. The van der Waals surface area contributed by atoms with Crippen molar-refractivity contribution in [3.05, 3.63) is 23.9 Å². The van der Waals surface area contributed by atoms with Crippen molar-refractivity contribution >= 4 is 15.8 Å². The van der Waals surface area contributed by atoms with E-state index in [1.165, 1.54) is 32.4 Å². The standard InChI is InChI=1S/C13H14N2O6S/c1-20-10-6-12(22(3,18)19)11(21-2)4-7(10)8-5-9(13(16)17)15-14-8/h4-6H,1-3H3,(H,14,15)(H,16,17). The summed E-state index contributed by atoms with van der Waals surface area (Å²) in [5.41, 5.74) is 0.617. The molecule has 118 valence electrons. The lowest BCUT2D eigenvalue weighted by Crippen LogP contribution is -2.02. The van der Waals surface area contributed by atoms with Crippen LogP contribution in [0.3, 0.4) is 0 Å². The van der Waals surface area contributed by atoms with Crippen LogP contribution in [0.15, 0.2) is 23.1 Å². The van der Waals surface area contributed by atoms with E-state index in [9.17, 15) is 13.2 Å². The van der Waals surface area contributed by atoms with E-state index in [0.29, 0.717) is 11.3 Å². The Labute approximate surface area is 126 Å². The van der Waals surface area contributed by atoms with Crippen LogP contribution in [-0.4, -0.2) is 50.2 Å². The highest BCUT2D eigenvalue weighted by molar-refractivity contribution is 7.90. The molecule has 0 fully saturated rings. The summed E-state index contributed by atoms with van der Waals surface area (Å²) >= 11 is 0. The SMILES string of the molecule is COc1cc(S(C)(=O)=O)c(OC)cc1-c1cc(C(=O)O)[nH]n1. The minimum Gasteiger partial charge on any atom is -0.496 e. The second-order valence-electron chi connectivity index (χ2n) is 4.45. The average molecular weight is 326 g/mol. The third kappa shape index (κ3) is 2.89. The van der Waals surface area contributed by atoms with E-state index in [0.717, 1.165) is 6.26 Å². The lowest BCUT2D eigenvalue weighted by Gasteiger charge is -2.12. The van der Waals surface area contributed by atoms with Crippen molar-refractivity contribution in [2.24, 2.45) is 0 Å². The van der Waals surface area contributed by atoms with Gasteiger partial charge in [-0.15, -0.1) is 0 Å². The van der Waals surface area contributed by atoms with Gasteiger partial charge in [-0.25, -0.2) is 13.2 Å². The number of H-pyrrole nitrogens is 1. The van der Waals surface area contributed by atoms with Gasteiger partial charge in [-0.05, 0) is 12.1 Å². The molecule has 0 unspecified atom stereocenters. The van der Waals surface area contributed by atoms with Gasteiger partial charge < -0.3 is 14.6 Å². The fraction of sp³-hybridized carbons (Fsp3) is 0.231. The van der Waals surface area contributed by atoms with E-state index < -0.39 is 15.8 Å². The van der Waals surface area contributed by atoms with Crippen LogP contribution < -0.4 is 9.47 Å². The fourth-order valence-electron chi connectivity index (χ4n) is 1.93. The molecule has 1 aromatic carbocycles. The molecule has 0 saturated carbocycles. The van der Waals surface area contributed by atoms with Crippen molar-refractivity contribution in [1.82, 2.24) is 10.2 Å². The first kappa shape index (κ1) is 15.8. The summed E-state index contributed by atoms with van der Waals surface area (Å²) in [7, 11) is -0.795. The lowest BCUT2D eigenvalue weighted by atomic mass is 10.1. The number of sulfone groups is 1. The highest BCUT2D eigenvalue weighted by Gasteiger charge is 2.21. The molecular formula is C13H14N2O6S. The Kier molecular flexibility index (Phi) is 4.09. The summed E-state index contributed by atoms with van der Waals surface area (Å²) in [6, 6.07) is 4.08. The molecule has 9 heteroatoms. The van der Waals surface area contributed by atoms with E-state index in [2.05, 4.69) is 10.2 Å². The number of ether oxygens (including phenoxy) is 2. The van der Waals surface area contributed by atoms with E-state index in [1.54, 1.807) is 0 Å². The number of hydrogen-bond acceptors (Lipinski definition) is 6. The Morgan fingerprint density at radius 1 is 1.18 bits per heavy atom. The number of carboxylic acid groups (broad SMARTS) is 1. The molecule has 2 aromatic rings. The maximum atomic E-state index is 11.8. The van der Waals surface area contributed by atoms with Crippen molar-refractivity contribution in [2.75, 3.05) is 20.5 Å². The number of benzene rings is 1. The van der Waals surface area contributed by atoms with Crippen molar-refractivity contribution in [1.29, 1.82) is 0 Å². The second kappa shape index (κ2) is 5.68. The molecule has 8 nitrogen and oxygen atoms in total. The molecule has 0 aliphatic carbocycles. The molecule has 2 N–H and O–H groups in total. The average Bonchev–Trinajstić information content (AvgIpc) is 2.94. The van der Waals surface area contributed by atoms with Crippen LogP contribution >= 0.6 is 0 Å². The topological polar surface area (TPSA) is 119 Å². The smallest absolute Gasteiger partial charge is 0.353 e. The molecule has 1 heterocycles. The summed E-state index contributed by atoms with van der Waals surface area (Å²) in [6.07, 6.45) is 1.06. The van der Waals surface area contributed by atoms with Crippen LogP contribution in [0.4, 0.5) is 0 Å². The maximum absolute atomic E-state index is 11.8. The molecule has 0 spiro atoms. The molecule has 1 aromatic heterocycles. The van der Waals surface area contributed by atoms with Gasteiger partial charge in [0.05, 0.1) is 19.9 Å². The third-order valence-corrected chi connectivity index (χ3v) is 4.09. The van der Waals surface area contributed by atoms with Gasteiger partial charge in [0.15, 0.2) is 9.84 Å². The van der Waals surface area contributed by atoms with Crippen LogP contribution in [0.2, 0.25) is 0 Å². The first-order valence-corrected chi connectivity index (χ1v) is 7.92. The summed E-state index contributed by atoms with van der Waals surface area (Å²) in [6.45, 7) is 0. The molecular weight excluding hydrogens is 312 g/mol. The Hall–Kier alpha value is -2.55. The summed E-state index contributed by atoms with van der Waals surface area (Å²) in [5.74, 6) is -0.791. The van der Waals surface area contributed by atoms with Crippen molar-refractivity contribution in [3.8, 4) is 22.8 Å². The number of methoxy groups -OCH3 is 2. The number of aromatic nitrogens is 2. The number of carbonyl (C=O) groups is 1. The zero-order valence-electron chi connectivity index (χ0n) is 12.1. The monoisotopic (exact) mass is 326 g/mol. The largest absolute Gasteiger partial charge is 0.496 e. The van der Waals surface area contributed by atoms with Crippen molar-refractivity contribution in [2.45, 2.75) is 4.90 Å². The molecule has 0 aliphatic rings. The Bertz CT molecular complexity index is 825. The van der Waals surface area contributed by atoms with Gasteiger partial charge in [-0.3, -0.25) is 5.10 Å². The van der Waals surface area contributed by atoms with E-state index >= 15 is 0 Å². The zero-order chi connectivity index (χ0) is 16.5. The highest BCUT2D eigenvalue weighted by Crippen LogP contribution is 2.37. The Morgan fingerprint density at radius 2 is 1.82 bits per heavy atom. The van der Waals surface area contributed by atoms with Gasteiger partial charge in [-0.2, -0.15) is 5.10 Å². The molecule has 0 amide bonds. The summed E-state index contributed by atoms with van der Waals surface area (Å²) < 4.78 is 33.9. The Balaban J connectivity index is 2.67. The minimum absolute atomic E-state index is 0.0235. The van der Waals surface area contributed by atoms with Gasteiger partial charge in [0.25, 0.3) is 0 Å². The van der Waals surface area contributed by atoms with E-state index in [4.69, 9.17) is 14.6 Å². The van der Waals surface area contributed by atoms with Crippen LogP contribution in [0.1, 0.15) is 10.5 Å². The van der Waals surface area contributed by atoms with Gasteiger partial charge in [0.1, 0.15) is 22.1 Å². The minimum atomic E-state index is -3.51. The van der Waals surface area contributed by atoms with Crippen LogP contribution in [0.25, 0.3) is 11.3 Å². The summed E-state index contributed by atoms with van der Waals surface area (Å²) in [4.78, 5) is 10.9. The summed E-state index contributed by atoms with van der Waals surface area (Å²) in [5, 5.41) is 15.2. The van der Waals surface area contributed by atoms with E-state index in [-0.39, 0.29) is 22.1 Å². The molecule has 0 aliphatic heterocycles. The molecule has 0 bridgehead atoms. The molecule has 0 atom stereocenters. The number of nitrogens with one attached hydrogen (secondary N) is 1. The molecule has 2 rings (SSSR count). The Morgan fingerprint density at radius 3 is 2.27 bits per heavy atom. The first-order valence-electron chi connectivity index (χ1n) is 6.03. The zero-order valence-corrected chi connectivity index (χ0v) is 12.9. The van der Waals surface area contributed by atoms with Crippen LogP contribution in [0, 0.1) is 0 Å². The number of carboxylic acids is 1. The van der Waals surface area contributed by atoms with Gasteiger partial charge in [0.2, 0.25) is 0 Å². The first-order chi connectivity index (χ1) is 10.3. The third-order valence-electron chi connectivity index (χ3n) is 2.97. The van der Waals surface area contributed by atoms with Gasteiger partial charge in [-0.1, -0.05) is 0 Å². The van der Waals surface area contributed by atoms with E-state index in [1.807, 2.05) is 0 Å². The number of nitrogens with zero attached hydrogens (tertiary/aromatic N) is 1. The predicted molar refractivity (Wildman–Crippen MR) is 77.2 cm³/mol. The lowest BCUT2D eigenvalue weighted by molar-refractivity contribution is 0.0690. The number of hydrogen-bond donors (Lipinski definition) is 2. The number of rotatable bonds is 5. The predicted octanol–water partition coefficient (Wildman–Crippen LogP) is 1.20. The van der Waals surface area contributed by atoms with Gasteiger partial charge in [0, 0.05) is 17.9 Å². The van der Waals surface area contributed by atoms with Crippen LogP contribution in [0.5, 0.6) is 11.5 Å². The van der Waals surface area contributed by atoms with Crippen molar-refractivity contribution in [3.63, 3.8) is 0 Å².